The molecule has 1 rings (SSSR count). The van der Waals surface area contributed by atoms with E-state index in [1.54, 1.807) is 4.90 Å². The van der Waals surface area contributed by atoms with Gasteiger partial charge in [0.1, 0.15) is 6.54 Å². The molecule has 94 valence electrons. The van der Waals surface area contributed by atoms with Gasteiger partial charge in [-0.2, -0.15) is 0 Å². The Balaban J connectivity index is 3.02. The van der Waals surface area contributed by atoms with Gasteiger partial charge < -0.3 is 10.0 Å². The Kier molecular flexibility index (Phi) is 4.96. The molecule has 17 heavy (non-hydrogen) atoms. The zero-order chi connectivity index (χ0) is 13.0. The standard InChI is InChI=1S/C10H13Cl2N3O2/c1-6(2)4-15(5-9(16)17)7-3-8(11)13-14-10(7)12/h3,6H,4-5H2,1-2H3,(H,16,17). The summed E-state index contributed by atoms with van der Waals surface area (Å²) in [6.45, 7) is 4.37. The van der Waals surface area contributed by atoms with Crippen molar-refractivity contribution in [2.24, 2.45) is 5.92 Å². The minimum atomic E-state index is -0.936. The molecule has 0 aliphatic carbocycles. The number of carboxylic acids is 1. The fourth-order valence-corrected chi connectivity index (χ4v) is 1.77. The molecule has 0 saturated carbocycles. The third-order valence-electron chi connectivity index (χ3n) is 1.95. The third-order valence-corrected chi connectivity index (χ3v) is 2.41. The molecule has 5 nitrogen and oxygen atoms in total. The van der Waals surface area contributed by atoms with E-state index < -0.39 is 5.97 Å². The molecule has 0 radical (unpaired) electrons. The Bertz CT molecular complexity index is 413. The molecule has 0 aliphatic rings. The molecule has 0 unspecified atom stereocenters. The Morgan fingerprint density at radius 3 is 2.65 bits per heavy atom. The summed E-state index contributed by atoms with van der Waals surface area (Å²) in [7, 11) is 0. The van der Waals surface area contributed by atoms with Crippen LogP contribution < -0.4 is 4.90 Å². The van der Waals surface area contributed by atoms with Crippen molar-refractivity contribution in [1.82, 2.24) is 10.2 Å². The maximum atomic E-state index is 10.8. The Morgan fingerprint density at radius 1 is 1.47 bits per heavy atom. The predicted octanol–water partition coefficient (Wildman–Crippen LogP) is 2.33. The maximum absolute atomic E-state index is 10.8. The zero-order valence-corrected chi connectivity index (χ0v) is 11.0. The summed E-state index contributed by atoms with van der Waals surface area (Å²) in [4.78, 5) is 12.4. The van der Waals surface area contributed by atoms with Crippen molar-refractivity contribution in [2.45, 2.75) is 13.8 Å². The van der Waals surface area contributed by atoms with Gasteiger partial charge in [-0.15, -0.1) is 10.2 Å². The molecular formula is C10H13Cl2N3O2. The first-order valence-corrected chi connectivity index (χ1v) is 5.81. The van der Waals surface area contributed by atoms with Gasteiger partial charge in [0, 0.05) is 12.6 Å². The molecule has 0 fully saturated rings. The molecule has 0 aromatic carbocycles. The van der Waals surface area contributed by atoms with Gasteiger partial charge in [-0.05, 0) is 5.92 Å². The van der Waals surface area contributed by atoms with E-state index in [-0.39, 0.29) is 22.8 Å². The van der Waals surface area contributed by atoms with Gasteiger partial charge in [0.25, 0.3) is 0 Å². The number of carboxylic acid groups (broad SMARTS) is 1. The van der Waals surface area contributed by atoms with E-state index in [2.05, 4.69) is 10.2 Å². The lowest BCUT2D eigenvalue weighted by atomic mass is 10.2. The Morgan fingerprint density at radius 2 is 2.12 bits per heavy atom. The lowest BCUT2D eigenvalue weighted by molar-refractivity contribution is -0.135. The predicted molar refractivity (Wildman–Crippen MR) is 66.7 cm³/mol. The highest BCUT2D eigenvalue weighted by atomic mass is 35.5. The minimum Gasteiger partial charge on any atom is -0.480 e. The highest BCUT2D eigenvalue weighted by Crippen LogP contribution is 2.25. The molecule has 0 spiro atoms. The van der Waals surface area contributed by atoms with Crippen molar-refractivity contribution in [3.8, 4) is 0 Å². The molecule has 0 amide bonds. The lowest BCUT2D eigenvalue weighted by Gasteiger charge is -2.25. The van der Waals surface area contributed by atoms with Crippen LogP contribution in [-0.4, -0.2) is 34.4 Å². The molecule has 1 heterocycles. The maximum Gasteiger partial charge on any atom is 0.323 e. The zero-order valence-electron chi connectivity index (χ0n) is 9.52. The molecule has 7 heteroatoms. The lowest BCUT2D eigenvalue weighted by Crippen LogP contribution is -2.33. The van der Waals surface area contributed by atoms with Gasteiger partial charge in [-0.1, -0.05) is 37.0 Å². The molecule has 1 aromatic rings. The van der Waals surface area contributed by atoms with E-state index in [1.165, 1.54) is 6.07 Å². The minimum absolute atomic E-state index is 0.149. The number of nitrogens with zero attached hydrogens (tertiary/aromatic N) is 3. The fraction of sp³-hybridized carbons (Fsp3) is 0.500. The molecule has 0 bridgehead atoms. The van der Waals surface area contributed by atoms with Gasteiger partial charge in [-0.3, -0.25) is 4.79 Å². The van der Waals surface area contributed by atoms with Crippen molar-refractivity contribution in [3.63, 3.8) is 0 Å². The monoisotopic (exact) mass is 277 g/mol. The van der Waals surface area contributed by atoms with Gasteiger partial charge in [0.15, 0.2) is 10.3 Å². The number of anilines is 1. The highest BCUT2D eigenvalue weighted by Gasteiger charge is 2.17. The number of aliphatic carboxylic acids is 1. The van der Waals surface area contributed by atoms with Crippen molar-refractivity contribution >= 4 is 34.9 Å². The van der Waals surface area contributed by atoms with Crippen LogP contribution in [0.2, 0.25) is 10.3 Å². The van der Waals surface area contributed by atoms with Crippen LogP contribution in [0.3, 0.4) is 0 Å². The number of aromatic nitrogens is 2. The topological polar surface area (TPSA) is 66.3 Å². The Labute approximate surface area is 109 Å². The van der Waals surface area contributed by atoms with Crippen LogP contribution in [0.5, 0.6) is 0 Å². The SMILES string of the molecule is CC(C)CN(CC(=O)O)c1cc(Cl)nnc1Cl. The summed E-state index contributed by atoms with van der Waals surface area (Å²) in [5.41, 5.74) is 0.489. The van der Waals surface area contributed by atoms with Crippen molar-refractivity contribution in [2.75, 3.05) is 18.0 Å². The quantitative estimate of drug-likeness (QED) is 0.895. The summed E-state index contributed by atoms with van der Waals surface area (Å²) in [6, 6.07) is 1.52. The molecule has 0 aliphatic heterocycles. The summed E-state index contributed by atoms with van der Waals surface area (Å²) < 4.78 is 0. The average Bonchev–Trinajstić information content (AvgIpc) is 2.19. The van der Waals surface area contributed by atoms with Gasteiger partial charge in [-0.25, -0.2) is 0 Å². The second-order valence-corrected chi connectivity index (χ2v) is 4.76. The van der Waals surface area contributed by atoms with Crippen LogP contribution in [0.25, 0.3) is 0 Å². The highest BCUT2D eigenvalue weighted by molar-refractivity contribution is 6.33. The number of halogens is 2. The summed E-state index contributed by atoms with van der Waals surface area (Å²) in [5.74, 6) is -0.646. The number of hydrogen-bond acceptors (Lipinski definition) is 4. The second kappa shape index (κ2) is 6.02. The first-order chi connectivity index (χ1) is 7.90. The van der Waals surface area contributed by atoms with E-state index in [0.717, 1.165) is 0 Å². The van der Waals surface area contributed by atoms with Crippen LogP contribution in [0, 0.1) is 5.92 Å². The first-order valence-electron chi connectivity index (χ1n) is 5.05. The van der Waals surface area contributed by atoms with Crippen LogP contribution in [0.15, 0.2) is 6.07 Å². The van der Waals surface area contributed by atoms with Crippen LogP contribution in [-0.2, 0) is 4.79 Å². The molecule has 1 aromatic heterocycles. The van der Waals surface area contributed by atoms with Crippen molar-refractivity contribution in [1.29, 1.82) is 0 Å². The van der Waals surface area contributed by atoms with E-state index in [0.29, 0.717) is 12.2 Å². The normalized spacial score (nSPS) is 10.6. The average molecular weight is 278 g/mol. The summed E-state index contributed by atoms with van der Waals surface area (Å²) in [5, 5.41) is 16.5. The summed E-state index contributed by atoms with van der Waals surface area (Å²) >= 11 is 11.6. The smallest absolute Gasteiger partial charge is 0.323 e. The summed E-state index contributed by atoms with van der Waals surface area (Å²) in [6.07, 6.45) is 0. The van der Waals surface area contributed by atoms with Crippen LogP contribution in [0.4, 0.5) is 5.69 Å². The van der Waals surface area contributed by atoms with E-state index in [4.69, 9.17) is 28.3 Å². The van der Waals surface area contributed by atoms with Gasteiger partial charge in [0.2, 0.25) is 0 Å². The van der Waals surface area contributed by atoms with Gasteiger partial charge in [0.05, 0.1) is 5.69 Å². The van der Waals surface area contributed by atoms with Crippen LogP contribution in [0.1, 0.15) is 13.8 Å². The van der Waals surface area contributed by atoms with Crippen LogP contribution >= 0.6 is 23.2 Å². The van der Waals surface area contributed by atoms with E-state index >= 15 is 0 Å². The Hall–Kier alpha value is -1.07. The van der Waals surface area contributed by atoms with E-state index in [1.807, 2.05) is 13.8 Å². The largest absolute Gasteiger partial charge is 0.480 e. The van der Waals surface area contributed by atoms with Crippen molar-refractivity contribution in [3.05, 3.63) is 16.4 Å². The second-order valence-electron chi connectivity index (χ2n) is 4.01. The fourth-order valence-electron chi connectivity index (χ4n) is 1.42. The molecular weight excluding hydrogens is 265 g/mol. The van der Waals surface area contributed by atoms with Gasteiger partial charge >= 0.3 is 5.97 Å². The first kappa shape index (κ1) is 14.0. The molecule has 0 atom stereocenters. The molecule has 0 saturated heterocycles. The third kappa shape index (κ3) is 4.36. The number of carbonyl (C=O) groups is 1. The molecule has 1 N–H and O–H groups in total. The number of rotatable bonds is 5. The number of hydrogen-bond donors (Lipinski definition) is 1. The van der Waals surface area contributed by atoms with Crippen molar-refractivity contribution < 1.29 is 9.90 Å². The van der Waals surface area contributed by atoms with E-state index in [9.17, 15) is 4.79 Å².